The summed E-state index contributed by atoms with van der Waals surface area (Å²) in [5, 5.41) is 3.52. The zero-order valence-corrected chi connectivity index (χ0v) is 13.1. The van der Waals surface area contributed by atoms with Crippen LogP contribution in [0.4, 0.5) is 0 Å². The third-order valence-corrected chi connectivity index (χ3v) is 3.75. The predicted molar refractivity (Wildman–Crippen MR) is 82.9 cm³/mol. The van der Waals surface area contributed by atoms with Gasteiger partial charge in [0.15, 0.2) is 0 Å². The van der Waals surface area contributed by atoms with E-state index in [0.717, 1.165) is 18.9 Å². The first-order valence-corrected chi connectivity index (χ1v) is 7.54. The van der Waals surface area contributed by atoms with Gasteiger partial charge in [0, 0.05) is 6.04 Å². The summed E-state index contributed by atoms with van der Waals surface area (Å²) < 4.78 is 5.97. The van der Waals surface area contributed by atoms with Crippen LogP contribution < -0.4 is 10.1 Å². The Morgan fingerprint density at radius 2 is 1.89 bits per heavy atom. The zero-order chi connectivity index (χ0) is 14.3. The van der Waals surface area contributed by atoms with Crippen molar-refractivity contribution in [1.82, 2.24) is 5.32 Å². The van der Waals surface area contributed by atoms with Gasteiger partial charge < -0.3 is 10.1 Å². The van der Waals surface area contributed by atoms with Crippen LogP contribution in [-0.2, 0) is 0 Å². The maximum Gasteiger partial charge on any atom is 0.119 e. The second-order valence-corrected chi connectivity index (χ2v) is 5.59. The molecule has 1 rings (SSSR count). The first kappa shape index (κ1) is 16.0. The predicted octanol–water partition coefficient (Wildman–Crippen LogP) is 4.21. The normalized spacial score (nSPS) is 14.4. The Morgan fingerprint density at radius 1 is 1.16 bits per heavy atom. The van der Waals surface area contributed by atoms with E-state index in [0.29, 0.717) is 17.9 Å². The van der Waals surface area contributed by atoms with E-state index in [2.05, 4.69) is 58.1 Å². The van der Waals surface area contributed by atoms with Crippen LogP contribution in [0.1, 0.15) is 52.5 Å². The summed E-state index contributed by atoms with van der Waals surface area (Å²) in [6, 6.07) is 8.87. The fourth-order valence-corrected chi connectivity index (χ4v) is 2.12. The molecule has 0 bridgehead atoms. The summed E-state index contributed by atoms with van der Waals surface area (Å²) in [5.41, 5.74) is 1.33. The van der Waals surface area contributed by atoms with Gasteiger partial charge in [-0.1, -0.05) is 53.2 Å². The van der Waals surface area contributed by atoms with E-state index in [1.165, 1.54) is 12.0 Å². The fraction of sp³-hybridized carbons (Fsp3) is 0.647. The standard InChI is InChI=1S/C17H29NO/c1-6-14(5)17(18-7-2)12-19-16-10-8-9-15(11-16)13(3)4/h8-11,13-14,17-18H,6-7,12H2,1-5H3. The van der Waals surface area contributed by atoms with E-state index in [4.69, 9.17) is 4.74 Å². The van der Waals surface area contributed by atoms with Crippen LogP contribution in [-0.4, -0.2) is 19.2 Å². The van der Waals surface area contributed by atoms with Crippen molar-refractivity contribution in [3.8, 4) is 5.75 Å². The molecule has 0 amide bonds. The molecule has 0 aliphatic rings. The molecule has 0 saturated heterocycles. The van der Waals surface area contributed by atoms with Crippen molar-refractivity contribution >= 4 is 0 Å². The molecular weight excluding hydrogens is 234 g/mol. The fourth-order valence-electron chi connectivity index (χ4n) is 2.12. The topological polar surface area (TPSA) is 21.3 Å². The van der Waals surface area contributed by atoms with Crippen molar-refractivity contribution in [2.24, 2.45) is 5.92 Å². The van der Waals surface area contributed by atoms with E-state index >= 15 is 0 Å². The number of nitrogens with one attached hydrogen (secondary N) is 1. The van der Waals surface area contributed by atoms with E-state index in [-0.39, 0.29) is 0 Å². The van der Waals surface area contributed by atoms with Crippen LogP contribution in [0.3, 0.4) is 0 Å². The minimum atomic E-state index is 0.428. The summed E-state index contributed by atoms with van der Waals surface area (Å²) in [6.45, 7) is 12.8. The molecule has 1 aromatic rings. The number of rotatable bonds is 8. The van der Waals surface area contributed by atoms with Crippen LogP contribution >= 0.6 is 0 Å². The molecule has 0 fully saturated rings. The highest BCUT2D eigenvalue weighted by atomic mass is 16.5. The van der Waals surface area contributed by atoms with Gasteiger partial charge in [0.05, 0.1) is 0 Å². The van der Waals surface area contributed by atoms with Gasteiger partial charge in [0.1, 0.15) is 12.4 Å². The first-order valence-electron chi connectivity index (χ1n) is 7.54. The Morgan fingerprint density at radius 3 is 2.47 bits per heavy atom. The quantitative estimate of drug-likeness (QED) is 0.758. The van der Waals surface area contributed by atoms with Crippen LogP contribution in [0.15, 0.2) is 24.3 Å². The molecule has 0 aliphatic carbocycles. The van der Waals surface area contributed by atoms with Gasteiger partial charge in [-0.25, -0.2) is 0 Å². The van der Waals surface area contributed by atoms with E-state index in [9.17, 15) is 0 Å². The largest absolute Gasteiger partial charge is 0.492 e. The van der Waals surface area contributed by atoms with Gasteiger partial charge in [-0.05, 0) is 36.1 Å². The summed E-state index contributed by atoms with van der Waals surface area (Å²) in [7, 11) is 0. The molecule has 0 heterocycles. The Bertz CT molecular complexity index is 362. The molecule has 108 valence electrons. The first-order chi connectivity index (χ1) is 9.08. The summed E-state index contributed by atoms with van der Waals surface area (Å²) in [6.07, 6.45) is 1.17. The number of hydrogen-bond acceptors (Lipinski definition) is 2. The van der Waals surface area contributed by atoms with Crippen LogP contribution in [0.5, 0.6) is 5.75 Å². The van der Waals surface area contributed by atoms with Crippen LogP contribution in [0, 0.1) is 5.92 Å². The number of ether oxygens (including phenoxy) is 1. The van der Waals surface area contributed by atoms with Crippen molar-refractivity contribution in [1.29, 1.82) is 0 Å². The maximum absolute atomic E-state index is 5.97. The lowest BCUT2D eigenvalue weighted by molar-refractivity contribution is 0.222. The highest BCUT2D eigenvalue weighted by Crippen LogP contribution is 2.20. The highest BCUT2D eigenvalue weighted by Gasteiger charge is 2.15. The Labute approximate surface area is 118 Å². The Kier molecular flexibility index (Phi) is 6.93. The maximum atomic E-state index is 5.97. The van der Waals surface area contributed by atoms with E-state index in [1.54, 1.807) is 0 Å². The molecular formula is C17H29NO. The molecule has 2 unspecified atom stereocenters. The van der Waals surface area contributed by atoms with Crippen molar-refractivity contribution in [2.45, 2.75) is 53.0 Å². The molecule has 0 aliphatic heterocycles. The van der Waals surface area contributed by atoms with Crippen LogP contribution in [0.25, 0.3) is 0 Å². The average molecular weight is 263 g/mol. The summed E-state index contributed by atoms with van der Waals surface area (Å²) in [5.74, 6) is 2.16. The molecule has 1 N–H and O–H groups in total. The van der Waals surface area contributed by atoms with Crippen molar-refractivity contribution in [2.75, 3.05) is 13.2 Å². The number of hydrogen-bond donors (Lipinski definition) is 1. The molecule has 2 heteroatoms. The summed E-state index contributed by atoms with van der Waals surface area (Å²) >= 11 is 0. The molecule has 2 atom stereocenters. The van der Waals surface area contributed by atoms with E-state index in [1.807, 2.05) is 6.07 Å². The third-order valence-electron chi connectivity index (χ3n) is 3.75. The van der Waals surface area contributed by atoms with Gasteiger partial charge in [0.2, 0.25) is 0 Å². The van der Waals surface area contributed by atoms with Crippen molar-refractivity contribution < 1.29 is 4.74 Å². The molecule has 0 radical (unpaired) electrons. The minimum absolute atomic E-state index is 0.428. The average Bonchev–Trinajstić information content (AvgIpc) is 2.42. The molecule has 0 aromatic heterocycles. The molecule has 1 aromatic carbocycles. The van der Waals surface area contributed by atoms with Gasteiger partial charge >= 0.3 is 0 Å². The molecule has 0 saturated carbocycles. The molecule has 19 heavy (non-hydrogen) atoms. The Hall–Kier alpha value is -1.02. The van der Waals surface area contributed by atoms with Crippen LogP contribution in [0.2, 0.25) is 0 Å². The van der Waals surface area contributed by atoms with Gasteiger partial charge in [-0.2, -0.15) is 0 Å². The van der Waals surface area contributed by atoms with Crippen molar-refractivity contribution in [3.05, 3.63) is 29.8 Å². The molecule has 2 nitrogen and oxygen atoms in total. The Balaban J connectivity index is 2.60. The van der Waals surface area contributed by atoms with Crippen molar-refractivity contribution in [3.63, 3.8) is 0 Å². The van der Waals surface area contributed by atoms with Gasteiger partial charge in [-0.15, -0.1) is 0 Å². The number of likely N-dealkylation sites (N-methyl/N-ethyl adjacent to an activating group) is 1. The minimum Gasteiger partial charge on any atom is -0.492 e. The highest BCUT2D eigenvalue weighted by molar-refractivity contribution is 5.30. The SMILES string of the molecule is CCNC(COc1cccc(C(C)C)c1)C(C)CC. The van der Waals surface area contributed by atoms with Gasteiger partial charge in [-0.3, -0.25) is 0 Å². The second kappa shape index (κ2) is 8.21. The lowest BCUT2D eigenvalue weighted by Gasteiger charge is -2.24. The van der Waals surface area contributed by atoms with Gasteiger partial charge in [0.25, 0.3) is 0 Å². The zero-order valence-electron chi connectivity index (χ0n) is 13.1. The lowest BCUT2D eigenvalue weighted by atomic mass is 10.00. The monoisotopic (exact) mass is 263 g/mol. The smallest absolute Gasteiger partial charge is 0.119 e. The molecule has 0 spiro atoms. The number of benzene rings is 1. The summed E-state index contributed by atoms with van der Waals surface area (Å²) in [4.78, 5) is 0. The lowest BCUT2D eigenvalue weighted by Crippen LogP contribution is -2.39. The van der Waals surface area contributed by atoms with E-state index < -0.39 is 0 Å². The second-order valence-electron chi connectivity index (χ2n) is 5.59. The third kappa shape index (κ3) is 5.23.